The van der Waals surface area contributed by atoms with E-state index >= 15 is 0 Å². The van der Waals surface area contributed by atoms with Crippen molar-refractivity contribution in [3.8, 4) is 11.5 Å². The number of ether oxygens (including phenoxy) is 1. The second-order valence-electron chi connectivity index (χ2n) is 7.33. The van der Waals surface area contributed by atoms with Crippen molar-refractivity contribution in [2.45, 2.75) is 44.8 Å². The molecule has 0 spiro atoms. The van der Waals surface area contributed by atoms with Gasteiger partial charge in [-0.1, -0.05) is 6.07 Å². The topological polar surface area (TPSA) is 62.9 Å². The van der Waals surface area contributed by atoms with E-state index in [0.29, 0.717) is 23.6 Å². The molecule has 6 heteroatoms. The van der Waals surface area contributed by atoms with Crippen LogP contribution in [-0.2, 0) is 13.0 Å². The third-order valence-electron chi connectivity index (χ3n) is 5.81. The standard InChI is InChI=1S/C20H22N4O2/c1-12-7-20-21-10-16-17-6-4-14(8-18(16)24(20)22-12)23(17)11-13-3-5-15(26-2)9-19(13)25/h3,5,7,9-10,14,17,25H,4,6,8,11H2,1-2H3/t14-,17-/m1/s1. The molecule has 0 amide bonds. The number of hydrogen-bond acceptors (Lipinski definition) is 5. The predicted molar refractivity (Wildman–Crippen MR) is 97.4 cm³/mol. The Morgan fingerprint density at radius 3 is 2.96 bits per heavy atom. The molecule has 1 fully saturated rings. The fraction of sp³-hybridized carbons (Fsp3) is 0.400. The van der Waals surface area contributed by atoms with Crippen LogP contribution in [0.3, 0.4) is 0 Å². The summed E-state index contributed by atoms with van der Waals surface area (Å²) in [6, 6.07) is 8.40. The van der Waals surface area contributed by atoms with Crippen molar-refractivity contribution in [2.24, 2.45) is 0 Å². The summed E-state index contributed by atoms with van der Waals surface area (Å²) in [7, 11) is 1.61. The number of phenols is 1. The maximum absolute atomic E-state index is 10.4. The van der Waals surface area contributed by atoms with E-state index < -0.39 is 0 Å². The van der Waals surface area contributed by atoms with Crippen molar-refractivity contribution in [1.82, 2.24) is 19.5 Å². The van der Waals surface area contributed by atoms with Gasteiger partial charge >= 0.3 is 0 Å². The Morgan fingerprint density at radius 1 is 1.27 bits per heavy atom. The van der Waals surface area contributed by atoms with Gasteiger partial charge in [0.05, 0.1) is 18.5 Å². The summed E-state index contributed by atoms with van der Waals surface area (Å²) in [5.41, 5.74) is 5.45. The fourth-order valence-electron chi connectivity index (χ4n) is 4.54. The number of aromatic hydroxyl groups is 1. The third-order valence-corrected chi connectivity index (χ3v) is 5.81. The Bertz CT molecular complexity index is 997. The van der Waals surface area contributed by atoms with Gasteiger partial charge in [0, 0.05) is 54.5 Å². The molecule has 6 nitrogen and oxygen atoms in total. The summed E-state index contributed by atoms with van der Waals surface area (Å²) < 4.78 is 7.22. The first-order valence-corrected chi connectivity index (χ1v) is 9.10. The van der Waals surface area contributed by atoms with E-state index in [4.69, 9.17) is 4.74 Å². The molecule has 0 aliphatic carbocycles. The Morgan fingerprint density at radius 2 is 2.15 bits per heavy atom. The van der Waals surface area contributed by atoms with Gasteiger partial charge in [0.15, 0.2) is 5.65 Å². The maximum atomic E-state index is 10.4. The van der Waals surface area contributed by atoms with Crippen molar-refractivity contribution in [1.29, 1.82) is 0 Å². The second-order valence-corrected chi connectivity index (χ2v) is 7.33. The van der Waals surface area contributed by atoms with Crippen molar-refractivity contribution in [2.75, 3.05) is 7.11 Å². The van der Waals surface area contributed by atoms with E-state index in [1.54, 1.807) is 13.2 Å². The van der Waals surface area contributed by atoms with Crippen molar-refractivity contribution in [3.63, 3.8) is 0 Å². The van der Waals surface area contributed by atoms with E-state index in [0.717, 1.165) is 42.7 Å². The molecule has 0 radical (unpaired) electrons. The van der Waals surface area contributed by atoms with Crippen molar-refractivity contribution >= 4 is 5.65 Å². The number of phenolic OH excluding ortho intramolecular Hbond substituents is 1. The average molecular weight is 350 g/mol. The highest BCUT2D eigenvalue weighted by Gasteiger charge is 2.41. The zero-order valence-electron chi connectivity index (χ0n) is 15.0. The molecule has 3 aromatic rings. The van der Waals surface area contributed by atoms with Crippen LogP contribution in [0.15, 0.2) is 30.5 Å². The lowest BCUT2D eigenvalue weighted by Gasteiger charge is -2.36. The van der Waals surface area contributed by atoms with E-state index in [1.165, 1.54) is 11.3 Å². The molecule has 2 bridgehead atoms. The fourth-order valence-corrected chi connectivity index (χ4v) is 4.54. The van der Waals surface area contributed by atoms with Crippen LogP contribution in [0.5, 0.6) is 11.5 Å². The summed E-state index contributed by atoms with van der Waals surface area (Å²) in [4.78, 5) is 7.13. The molecule has 1 N–H and O–H groups in total. The molecule has 0 saturated carbocycles. The molecule has 2 aromatic heterocycles. The highest BCUT2D eigenvalue weighted by molar-refractivity contribution is 5.45. The van der Waals surface area contributed by atoms with E-state index in [-0.39, 0.29) is 0 Å². The smallest absolute Gasteiger partial charge is 0.155 e. The number of nitrogens with zero attached hydrogens (tertiary/aromatic N) is 4. The van der Waals surface area contributed by atoms with Gasteiger partial charge in [-0.25, -0.2) is 9.50 Å². The van der Waals surface area contributed by atoms with Crippen LogP contribution in [0.2, 0.25) is 0 Å². The minimum absolute atomic E-state index is 0.297. The molecule has 1 aromatic carbocycles. The summed E-state index contributed by atoms with van der Waals surface area (Å²) in [6.07, 6.45) is 5.29. The van der Waals surface area contributed by atoms with Crippen LogP contribution >= 0.6 is 0 Å². The summed E-state index contributed by atoms with van der Waals surface area (Å²) in [6.45, 7) is 2.75. The van der Waals surface area contributed by atoms with Gasteiger partial charge < -0.3 is 9.84 Å². The number of aryl methyl sites for hydroxylation is 1. The molecular formula is C20H22N4O2. The van der Waals surface area contributed by atoms with E-state index in [2.05, 4.69) is 15.0 Å². The SMILES string of the molecule is COc1ccc(CN2[C@@H]3CC[C@@H]2c2cnc4cc(C)nn4c2C3)c(O)c1. The van der Waals surface area contributed by atoms with Crippen LogP contribution in [0.4, 0.5) is 0 Å². The van der Waals surface area contributed by atoms with Crippen molar-refractivity contribution < 1.29 is 9.84 Å². The molecule has 5 rings (SSSR count). The van der Waals surface area contributed by atoms with Crippen LogP contribution < -0.4 is 4.74 Å². The van der Waals surface area contributed by atoms with Crippen molar-refractivity contribution in [3.05, 3.63) is 53.0 Å². The van der Waals surface area contributed by atoms with Gasteiger partial charge in [-0.2, -0.15) is 5.10 Å². The van der Waals surface area contributed by atoms with Gasteiger partial charge in [0.2, 0.25) is 0 Å². The molecular weight excluding hydrogens is 328 g/mol. The largest absolute Gasteiger partial charge is 0.507 e. The molecule has 4 heterocycles. The highest BCUT2D eigenvalue weighted by atomic mass is 16.5. The Hall–Kier alpha value is -2.60. The van der Waals surface area contributed by atoms with Gasteiger partial charge in [-0.15, -0.1) is 0 Å². The number of benzene rings is 1. The lowest BCUT2D eigenvalue weighted by atomic mass is 9.98. The van der Waals surface area contributed by atoms with E-state index in [9.17, 15) is 5.11 Å². The van der Waals surface area contributed by atoms with Crippen LogP contribution in [0.25, 0.3) is 5.65 Å². The molecule has 26 heavy (non-hydrogen) atoms. The zero-order chi connectivity index (χ0) is 17.8. The summed E-state index contributed by atoms with van der Waals surface area (Å²) in [5.74, 6) is 0.977. The summed E-state index contributed by atoms with van der Waals surface area (Å²) in [5, 5.41) is 15.0. The Labute approximate surface area is 152 Å². The van der Waals surface area contributed by atoms with Gasteiger partial charge in [-0.3, -0.25) is 4.90 Å². The average Bonchev–Trinajstić information content (AvgIpc) is 3.14. The first kappa shape index (κ1) is 15.6. The normalized spacial score (nSPS) is 21.9. The lowest BCUT2D eigenvalue weighted by molar-refractivity contribution is 0.163. The zero-order valence-corrected chi connectivity index (χ0v) is 15.0. The highest BCUT2D eigenvalue weighted by Crippen LogP contribution is 2.44. The summed E-state index contributed by atoms with van der Waals surface area (Å²) >= 11 is 0. The lowest BCUT2D eigenvalue weighted by Crippen LogP contribution is -2.38. The second kappa shape index (κ2) is 5.71. The molecule has 2 aliphatic heterocycles. The quantitative estimate of drug-likeness (QED) is 0.787. The third kappa shape index (κ3) is 2.29. The van der Waals surface area contributed by atoms with Gasteiger partial charge in [0.1, 0.15) is 11.5 Å². The van der Waals surface area contributed by atoms with Crippen LogP contribution in [0, 0.1) is 6.92 Å². The number of methoxy groups -OCH3 is 1. The maximum Gasteiger partial charge on any atom is 0.155 e. The Balaban J connectivity index is 1.51. The first-order valence-electron chi connectivity index (χ1n) is 9.10. The number of fused-ring (bicyclic) bond motifs is 6. The number of hydrogen-bond donors (Lipinski definition) is 1. The van der Waals surface area contributed by atoms with E-state index in [1.807, 2.05) is 35.8 Å². The van der Waals surface area contributed by atoms with Gasteiger partial charge in [0.25, 0.3) is 0 Å². The minimum Gasteiger partial charge on any atom is -0.507 e. The number of aromatic nitrogens is 3. The monoisotopic (exact) mass is 350 g/mol. The van der Waals surface area contributed by atoms with Crippen LogP contribution in [-0.4, -0.2) is 37.8 Å². The predicted octanol–water partition coefficient (Wildman–Crippen LogP) is 3.01. The van der Waals surface area contributed by atoms with Gasteiger partial charge in [-0.05, 0) is 25.8 Å². The molecule has 2 aliphatic rings. The minimum atomic E-state index is 0.297. The molecule has 134 valence electrons. The molecule has 0 unspecified atom stereocenters. The van der Waals surface area contributed by atoms with Crippen LogP contribution in [0.1, 0.15) is 41.4 Å². The number of rotatable bonds is 3. The first-order chi connectivity index (χ1) is 12.6. The Kier molecular flexibility index (Phi) is 3.43. The molecule has 1 saturated heterocycles. The molecule has 2 atom stereocenters.